The molecule has 1 aliphatic rings. The average molecular weight is 468 g/mol. The fraction of sp³-hybridized carbons (Fsp3) is 0.385. The first-order valence-electron chi connectivity index (χ1n) is 11.5. The minimum absolute atomic E-state index is 0.00362. The number of nitrogens with zero attached hydrogens (tertiary/aromatic N) is 2. The first-order chi connectivity index (χ1) is 16.1. The molecule has 0 spiro atoms. The zero-order valence-corrected chi connectivity index (χ0v) is 19.3. The zero-order valence-electron chi connectivity index (χ0n) is 19.3. The van der Waals surface area contributed by atoms with Crippen LogP contribution in [0, 0.1) is 18.6 Å². The van der Waals surface area contributed by atoms with Gasteiger partial charge in [0.1, 0.15) is 11.3 Å². The number of rotatable bonds is 4. The summed E-state index contributed by atoms with van der Waals surface area (Å²) in [6.45, 7) is 5.77. The fourth-order valence-corrected chi connectivity index (χ4v) is 5.47. The van der Waals surface area contributed by atoms with E-state index in [0.29, 0.717) is 40.2 Å². The second-order valence-corrected chi connectivity index (χ2v) is 9.75. The molecule has 8 heteroatoms. The lowest BCUT2D eigenvalue weighted by atomic mass is 9.74. The average Bonchev–Trinajstić information content (AvgIpc) is 3.39. The van der Waals surface area contributed by atoms with Gasteiger partial charge in [0.25, 0.3) is 0 Å². The molecule has 0 bridgehead atoms. The van der Waals surface area contributed by atoms with Gasteiger partial charge in [0.15, 0.2) is 11.4 Å². The Balaban J connectivity index is 1.82. The number of aliphatic hydroxyl groups is 1. The molecule has 2 heterocycles. The number of carbonyl (C=O) groups is 1. The third-order valence-electron chi connectivity index (χ3n) is 7.25. The van der Waals surface area contributed by atoms with Gasteiger partial charge in [0, 0.05) is 22.2 Å². The van der Waals surface area contributed by atoms with Crippen molar-refractivity contribution in [2.75, 3.05) is 0 Å². The van der Waals surface area contributed by atoms with Gasteiger partial charge >= 0.3 is 5.97 Å². The number of hydrogen-bond donors (Lipinski definition) is 3. The molecule has 0 aliphatic heterocycles. The molecule has 0 radical (unpaired) electrons. The molecule has 2 aromatic carbocycles. The van der Waals surface area contributed by atoms with E-state index in [1.54, 1.807) is 25.3 Å². The Labute approximate surface area is 195 Å². The monoisotopic (exact) mass is 467 g/mol. The molecule has 34 heavy (non-hydrogen) atoms. The SMILES string of the molecule is Cc1cc(-n2c(C(C)C)c([C@H]3CC[C@](O)(C(=O)O)CC3)c3c(F)c4[nH]ncc4cc32)ccc1F. The van der Waals surface area contributed by atoms with E-state index in [9.17, 15) is 19.4 Å². The van der Waals surface area contributed by atoms with Crippen molar-refractivity contribution in [3.8, 4) is 5.69 Å². The van der Waals surface area contributed by atoms with Crippen molar-refractivity contribution >= 4 is 27.8 Å². The van der Waals surface area contributed by atoms with Gasteiger partial charge in [-0.3, -0.25) is 5.10 Å². The molecule has 1 fully saturated rings. The number of hydrogen-bond acceptors (Lipinski definition) is 3. The molecule has 0 unspecified atom stereocenters. The molecule has 0 atom stereocenters. The number of aliphatic carboxylic acids is 1. The van der Waals surface area contributed by atoms with E-state index in [2.05, 4.69) is 10.2 Å². The maximum atomic E-state index is 16.0. The van der Waals surface area contributed by atoms with E-state index >= 15 is 4.39 Å². The Hall–Kier alpha value is -3.26. The minimum atomic E-state index is -1.75. The molecule has 1 saturated carbocycles. The van der Waals surface area contributed by atoms with Gasteiger partial charge in [-0.1, -0.05) is 13.8 Å². The minimum Gasteiger partial charge on any atom is -0.479 e. The maximum absolute atomic E-state index is 16.0. The van der Waals surface area contributed by atoms with E-state index in [-0.39, 0.29) is 30.5 Å². The van der Waals surface area contributed by atoms with Gasteiger partial charge < -0.3 is 14.8 Å². The van der Waals surface area contributed by atoms with Crippen LogP contribution in [-0.4, -0.2) is 36.5 Å². The van der Waals surface area contributed by atoms with Crippen LogP contribution in [0.1, 0.15) is 68.2 Å². The van der Waals surface area contributed by atoms with Crippen molar-refractivity contribution in [1.82, 2.24) is 14.8 Å². The van der Waals surface area contributed by atoms with Crippen LogP contribution >= 0.6 is 0 Å². The lowest BCUT2D eigenvalue weighted by Gasteiger charge is -2.33. The first-order valence-corrected chi connectivity index (χ1v) is 11.5. The summed E-state index contributed by atoms with van der Waals surface area (Å²) >= 11 is 0. The first kappa shape index (κ1) is 22.5. The summed E-state index contributed by atoms with van der Waals surface area (Å²) in [6, 6.07) is 6.76. The van der Waals surface area contributed by atoms with Crippen LogP contribution in [0.2, 0.25) is 0 Å². The number of halogens is 2. The van der Waals surface area contributed by atoms with Crippen molar-refractivity contribution in [2.45, 2.75) is 63.9 Å². The number of benzene rings is 2. The number of aromatic nitrogens is 3. The Morgan fingerprint density at radius 1 is 1.24 bits per heavy atom. The molecule has 6 nitrogen and oxygen atoms in total. The Morgan fingerprint density at radius 2 is 1.94 bits per heavy atom. The van der Waals surface area contributed by atoms with E-state index in [0.717, 1.165) is 16.9 Å². The summed E-state index contributed by atoms with van der Waals surface area (Å²) < 4.78 is 32.1. The van der Waals surface area contributed by atoms with Crippen LogP contribution in [0.4, 0.5) is 8.78 Å². The number of H-pyrrole nitrogens is 1. The predicted molar refractivity (Wildman–Crippen MR) is 125 cm³/mol. The van der Waals surface area contributed by atoms with Crippen molar-refractivity contribution in [3.63, 3.8) is 0 Å². The van der Waals surface area contributed by atoms with Gasteiger partial charge in [-0.15, -0.1) is 0 Å². The summed E-state index contributed by atoms with van der Waals surface area (Å²) in [7, 11) is 0. The third kappa shape index (κ3) is 3.31. The number of aryl methyl sites for hydroxylation is 1. The number of carboxylic acid groups (broad SMARTS) is 1. The van der Waals surface area contributed by atoms with Crippen LogP contribution in [0.15, 0.2) is 30.5 Å². The Kier molecular flexibility index (Phi) is 5.24. The third-order valence-corrected chi connectivity index (χ3v) is 7.25. The van der Waals surface area contributed by atoms with E-state index < -0.39 is 17.4 Å². The molecule has 5 rings (SSSR count). The molecule has 2 aromatic heterocycles. The fourth-order valence-electron chi connectivity index (χ4n) is 5.47. The summed E-state index contributed by atoms with van der Waals surface area (Å²) in [5.74, 6) is -2.06. The Morgan fingerprint density at radius 3 is 2.56 bits per heavy atom. The number of fused-ring (bicyclic) bond motifs is 2. The molecule has 0 saturated heterocycles. The molecule has 178 valence electrons. The molecular weight excluding hydrogens is 440 g/mol. The van der Waals surface area contributed by atoms with Gasteiger partial charge in [0.2, 0.25) is 0 Å². The molecule has 1 aliphatic carbocycles. The highest BCUT2D eigenvalue weighted by molar-refractivity contribution is 6.00. The summed E-state index contributed by atoms with van der Waals surface area (Å²) in [6.07, 6.45) is 2.62. The van der Waals surface area contributed by atoms with E-state index in [4.69, 9.17) is 0 Å². The molecule has 4 aromatic rings. The number of aromatic amines is 1. The summed E-state index contributed by atoms with van der Waals surface area (Å²) in [5, 5.41) is 27.8. The van der Waals surface area contributed by atoms with Gasteiger partial charge in [-0.2, -0.15) is 5.10 Å². The van der Waals surface area contributed by atoms with Gasteiger partial charge in [-0.25, -0.2) is 13.6 Å². The second kappa shape index (κ2) is 7.91. The number of nitrogens with one attached hydrogen (secondary N) is 1. The highest BCUT2D eigenvalue weighted by Gasteiger charge is 2.42. The maximum Gasteiger partial charge on any atom is 0.335 e. The van der Waals surface area contributed by atoms with Crippen molar-refractivity contribution < 1.29 is 23.8 Å². The highest BCUT2D eigenvalue weighted by atomic mass is 19.1. The predicted octanol–water partition coefficient (Wildman–Crippen LogP) is 5.69. The molecule has 3 N–H and O–H groups in total. The lowest BCUT2D eigenvalue weighted by Crippen LogP contribution is -2.41. The van der Waals surface area contributed by atoms with Gasteiger partial charge in [-0.05, 0) is 79.8 Å². The van der Waals surface area contributed by atoms with Gasteiger partial charge in [0.05, 0.1) is 11.7 Å². The van der Waals surface area contributed by atoms with Crippen molar-refractivity contribution in [1.29, 1.82) is 0 Å². The lowest BCUT2D eigenvalue weighted by molar-refractivity contribution is -0.162. The van der Waals surface area contributed by atoms with Crippen LogP contribution in [0.25, 0.3) is 27.5 Å². The standard InChI is InChI=1S/C26H27F2N3O3/c1-13(2)24-20(15-6-8-26(34,9-7-15)25(32)33)21-19(11-16-12-29-30-23(16)22(21)28)31(24)17-4-5-18(27)14(3)10-17/h4-5,10-13,15,34H,6-9H2,1-3H3,(H,29,30)(H,32,33)/t15-,26+. The Bertz CT molecular complexity index is 1430. The topological polar surface area (TPSA) is 91.1 Å². The van der Waals surface area contributed by atoms with Crippen LogP contribution in [0.5, 0.6) is 0 Å². The van der Waals surface area contributed by atoms with Crippen LogP contribution in [-0.2, 0) is 4.79 Å². The van der Waals surface area contributed by atoms with E-state index in [1.807, 2.05) is 24.5 Å². The second-order valence-electron chi connectivity index (χ2n) is 9.75. The smallest absolute Gasteiger partial charge is 0.335 e. The zero-order chi connectivity index (χ0) is 24.4. The van der Waals surface area contributed by atoms with Crippen LogP contribution < -0.4 is 0 Å². The summed E-state index contributed by atoms with van der Waals surface area (Å²) in [5.41, 5.74) is 2.18. The summed E-state index contributed by atoms with van der Waals surface area (Å²) in [4.78, 5) is 11.6. The number of carboxylic acids is 1. The van der Waals surface area contributed by atoms with Crippen molar-refractivity contribution in [2.24, 2.45) is 0 Å². The quantitative estimate of drug-likeness (QED) is 0.360. The normalized spacial score (nSPS) is 21.1. The highest BCUT2D eigenvalue weighted by Crippen LogP contribution is 2.47. The largest absolute Gasteiger partial charge is 0.479 e. The van der Waals surface area contributed by atoms with Crippen LogP contribution in [0.3, 0.4) is 0 Å². The molecular formula is C26H27F2N3O3. The van der Waals surface area contributed by atoms with E-state index in [1.165, 1.54) is 6.07 Å². The van der Waals surface area contributed by atoms with Crippen molar-refractivity contribution in [3.05, 3.63) is 58.9 Å². The molecule has 0 amide bonds.